The van der Waals surface area contributed by atoms with Gasteiger partial charge in [-0.2, -0.15) is 0 Å². The van der Waals surface area contributed by atoms with E-state index in [1.165, 1.54) is 0 Å². The van der Waals surface area contributed by atoms with E-state index in [0.717, 1.165) is 26.1 Å². The van der Waals surface area contributed by atoms with Crippen molar-refractivity contribution in [3.05, 3.63) is 40.8 Å². The molecule has 1 aromatic carbocycles. The summed E-state index contributed by atoms with van der Waals surface area (Å²) in [5, 5.41) is 16.7. The van der Waals surface area contributed by atoms with Gasteiger partial charge in [-0.05, 0) is 38.2 Å². The molecule has 0 unspecified atom stereocenters. The molecule has 0 spiro atoms. The summed E-state index contributed by atoms with van der Waals surface area (Å²) in [4.78, 5) is 26.3. The second-order valence-electron chi connectivity index (χ2n) is 6.02. The number of benzene rings is 1. The topological polar surface area (TPSA) is 97.1 Å². The van der Waals surface area contributed by atoms with Gasteiger partial charge in [-0.1, -0.05) is 13.8 Å². The number of hydrogen-bond acceptors (Lipinski definition) is 7. The molecule has 0 fully saturated rings. The Morgan fingerprint density at radius 3 is 2.77 bits per heavy atom. The highest BCUT2D eigenvalue weighted by atomic mass is 16.6. The second kappa shape index (κ2) is 8.01. The van der Waals surface area contributed by atoms with E-state index in [0.29, 0.717) is 34.2 Å². The largest absolute Gasteiger partial charge is 0.354 e. The number of rotatable bonds is 8. The number of pyridine rings is 1. The van der Waals surface area contributed by atoms with Crippen molar-refractivity contribution in [3.63, 3.8) is 0 Å². The van der Waals surface area contributed by atoms with E-state index < -0.39 is 0 Å². The lowest BCUT2D eigenvalue weighted by Crippen LogP contribution is -2.25. The van der Waals surface area contributed by atoms with Crippen molar-refractivity contribution >= 4 is 33.3 Å². The molecule has 0 aliphatic heterocycles. The Balaban J connectivity index is 1.87. The van der Waals surface area contributed by atoms with Crippen LogP contribution >= 0.6 is 0 Å². The number of aromatic nitrogens is 3. The summed E-state index contributed by atoms with van der Waals surface area (Å²) >= 11 is 0. The van der Waals surface area contributed by atoms with Gasteiger partial charge in [0, 0.05) is 35.9 Å². The van der Waals surface area contributed by atoms with Crippen molar-refractivity contribution in [2.24, 2.45) is 0 Å². The number of nitrogens with zero attached hydrogens (tertiary/aromatic N) is 5. The minimum Gasteiger partial charge on any atom is -0.354 e. The summed E-state index contributed by atoms with van der Waals surface area (Å²) in [6.45, 7) is 8.04. The van der Waals surface area contributed by atoms with Crippen LogP contribution in [0.25, 0.3) is 21.7 Å². The number of anilines is 1. The van der Waals surface area contributed by atoms with Crippen LogP contribution in [0.5, 0.6) is 0 Å². The predicted octanol–water partition coefficient (Wildman–Crippen LogP) is 3.23. The third-order valence-corrected chi connectivity index (χ3v) is 4.47. The summed E-state index contributed by atoms with van der Waals surface area (Å²) in [6.07, 6.45) is 5.74. The van der Waals surface area contributed by atoms with E-state index in [2.05, 4.69) is 39.0 Å². The fourth-order valence-electron chi connectivity index (χ4n) is 3.03. The molecule has 0 amide bonds. The van der Waals surface area contributed by atoms with E-state index >= 15 is 0 Å². The van der Waals surface area contributed by atoms with Crippen molar-refractivity contribution in [1.29, 1.82) is 0 Å². The van der Waals surface area contributed by atoms with Gasteiger partial charge in [-0.25, -0.2) is 9.97 Å². The molecule has 2 aromatic heterocycles. The summed E-state index contributed by atoms with van der Waals surface area (Å²) in [5.74, 6) is 0.411. The second-order valence-corrected chi connectivity index (χ2v) is 6.02. The van der Waals surface area contributed by atoms with Crippen LogP contribution in [-0.4, -0.2) is 51.0 Å². The van der Waals surface area contributed by atoms with E-state index in [9.17, 15) is 10.1 Å². The van der Waals surface area contributed by atoms with Gasteiger partial charge in [0.25, 0.3) is 0 Å². The number of hydrogen-bond donors (Lipinski definition) is 1. The lowest BCUT2D eigenvalue weighted by molar-refractivity contribution is -0.381. The SMILES string of the molecule is CCN(CC)CCCNc1ncc2cc3cnccc3c([N+](=O)[O-])c2n1. The monoisotopic (exact) mass is 354 g/mol. The van der Waals surface area contributed by atoms with Crippen molar-refractivity contribution in [1.82, 2.24) is 19.9 Å². The smallest absolute Gasteiger partial charge is 0.303 e. The van der Waals surface area contributed by atoms with Gasteiger partial charge >= 0.3 is 5.69 Å². The number of nitro benzene ring substituents is 1. The van der Waals surface area contributed by atoms with Gasteiger partial charge in [-0.3, -0.25) is 15.1 Å². The summed E-state index contributed by atoms with van der Waals surface area (Å²) in [7, 11) is 0. The van der Waals surface area contributed by atoms with Gasteiger partial charge in [-0.15, -0.1) is 0 Å². The first kappa shape index (κ1) is 17.9. The van der Waals surface area contributed by atoms with Gasteiger partial charge in [0.2, 0.25) is 5.95 Å². The standard InChI is InChI=1S/C18H22N6O2/c1-3-23(4-2)9-5-7-20-18-21-12-14-10-13-11-19-8-6-15(13)17(24(25)26)16(14)22-18/h6,8,10-12H,3-5,7,9H2,1-2H3,(H,20,21,22). The van der Waals surface area contributed by atoms with E-state index in [1.807, 2.05) is 6.07 Å². The first-order chi connectivity index (χ1) is 12.6. The Morgan fingerprint density at radius 2 is 2.04 bits per heavy atom. The molecule has 0 bridgehead atoms. The lowest BCUT2D eigenvalue weighted by Gasteiger charge is -2.17. The average Bonchev–Trinajstić information content (AvgIpc) is 2.66. The molecule has 0 atom stereocenters. The first-order valence-electron chi connectivity index (χ1n) is 8.78. The number of nitrogens with one attached hydrogen (secondary N) is 1. The number of non-ortho nitro benzene ring substituents is 1. The van der Waals surface area contributed by atoms with Crippen LogP contribution in [0.1, 0.15) is 20.3 Å². The molecular formula is C18H22N6O2. The molecule has 1 N–H and O–H groups in total. The summed E-state index contributed by atoms with van der Waals surface area (Å²) in [5.41, 5.74) is 0.337. The van der Waals surface area contributed by atoms with Crippen molar-refractivity contribution < 1.29 is 4.92 Å². The Kier molecular flexibility index (Phi) is 5.52. The van der Waals surface area contributed by atoms with Crippen LogP contribution < -0.4 is 5.32 Å². The molecule has 8 nitrogen and oxygen atoms in total. The molecule has 8 heteroatoms. The highest BCUT2D eigenvalue weighted by molar-refractivity contribution is 6.06. The van der Waals surface area contributed by atoms with Crippen LogP contribution in [0, 0.1) is 10.1 Å². The molecule has 0 aliphatic carbocycles. The molecule has 0 radical (unpaired) electrons. The number of nitro groups is 1. The number of fused-ring (bicyclic) bond motifs is 2. The Morgan fingerprint density at radius 1 is 1.23 bits per heavy atom. The van der Waals surface area contributed by atoms with Gasteiger partial charge in [0.15, 0.2) is 5.52 Å². The molecule has 3 rings (SSSR count). The van der Waals surface area contributed by atoms with E-state index in [4.69, 9.17) is 0 Å². The highest BCUT2D eigenvalue weighted by Gasteiger charge is 2.19. The van der Waals surface area contributed by atoms with Crippen LogP contribution in [0.15, 0.2) is 30.7 Å². The average molecular weight is 354 g/mol. The van der Waals surface area contributed by atoms with Gasteiger partial charge in [0.1, 0.15) is 0 Å². The minimum absolute atomic E-state index is 0.00603. The molecule has 0 aliphatic rings. The fraction of sp³-hybridized carbons (Fsp3) is 0.389. The molecule has 26 heavy (non-hydrogen) atoms. The molecule has 2 heterocycles. The summed E-state index contributed by atoms with van der Waals surface area (Å²) in [6, 6.07) is 3.47. The normalized spacial score (nSPS) is 11.3. The predicted molar refractivity (Wildman–Crippen MR) is 102 cm³/mol. The minimum atomic E-state index is -0.387. The quantitative estimate of drug-likeness (QED) is 0.287. The Labute approximate surface area is 151 Å². The zero-order valence-electron chi connectivity index (χ0n) is 15.0. The third-order valence-electron chi connectivity index (χ3n) is 4.47. The van der Waals surface area contributed by atoms with Crippen LogP contribution in [0.2, 0.25) is 0 Å². The van der Waals surface area contributed by atoms with Crippen LogP contribution in [0.3, 0.4) is 0 Å². The zero-order chi connectivity index (χ0) is 18.5. The Hall–Kier alpha value is -2.87. The van der Waals surface area contributed by atoms with Crippen LogP contribution in [-0.2, 0) is 0 Å². The maximum absolute atomic E-state index is 11.6. The van der Waals surface area contributed by atoms with Crippen molar-refractivity contribution in [3.8, 4) is 0 Å². The molecule has 136 valence electrons. The van der Waals surface area contributed by atoms with Crippen molar-refractivity contribution in [2.75, 3.05) is 31.5 Å². The Bertz CT molecular complexity index is 926. The maximum atomic E-state index is 11.6. The molecule has 3 aromatic rings. The van der Waals surface area contributed by atoms with E-state index in [-0.39, 0.29) is 10.6 Å². The highest BCUT2D eigenvalue weighted by Crippen LogP contribution is 2.32. The molecule has 0 saturated carbocycles. The summed E-state index contributed by atoms with van der Waals surface area (Å²) < 4.78 is 0. The van der Waals surface area contributed by atoms with Crippen molar-refractivity contribution in [2.45, 2.75) is 20.3 Å². The lowest BCUT2D eigenvalue weighted by atomic mass is 10.1. The molecule has 0 saturated heterocycles. The fourth-order valence-corrected chi connectivity index (χ4v) is 3.03. The van der Waals surface area contributed by atoms with Gasteiger partial charge in [0.05, 0.1) is 10.3 Å². The third kappa shape index (κ3) is 3.70. The van der Waals surface area contributed by atoms with Gasteiger partial charge < -0.3 is 10.2 Å². The van der Waals surface area contributed by atoms with E-state index in [1.54, 1.807) is 24.7 Å². The molecular weight excluding hydrogens is 332 g/mol. The first-order valence-corrected chi connectivity index (χ1v) is 8.78. The zero-order valence-corrected chi connectivity index (χ0v) is 15.0. The maximum Gasteiger partial charge on any atom is 0.303 e. The van der Waals surface area contributed by atoms with Crippen LogP contribution in [0.4, 0.5) is 11.6 Å².